The topological polar surface area (TPSA) is 75.3 Å². The Balaban J connectivity index is 2.09. The Labute approximate surface area is 118 Å². The van der Waals surface area contributed by atoms with Crippen molar-refractivity contribution < 1.29 is 9.90 Å². The maximum atomic E-state index is 12.0. The van der Waals surface area contributed by atoms with Gasteiger partial charge >= 0.3 is 0 Å². The van der Waals surface area contributed by atoms with Crippen molar-refractivity contribution in [1.29, 1.82) is 0 Å². The van der Waals surface area contributed by atoms with Gasteiger partial charge in [0.1, 0.15) is 0 Å². The van der Waals surface area contributed by atoms with Crippen molar-refractivity contribution in [3.8, 4) is 0 Å². The van der Waals surface area contributed by atoms with E-state index in [0.717, 1.165) is 5.56 Å². The van der Waals surface area contributed by atoms with Gasteiger partial charge in [-0.25, -0.2) is 0 Å². The lowest BCUT2D eigenvalue weighted by atomic mass is 10.1. The molecule has 104 valence electrons. The highest BCUT2D eigenvalue weighted by molar-refractivity contribution is 5.93. The van der Waals surface area contributed by atoms with Crippen LogP contribution in [0.5, 0.6) is 0 Å². The highest BCUT2D eigenvalue weighted by Crippen LogP contribution is 2.22. The Bertz CT molecular complexity index is 609. The maximum absolute atomic E-state index is 12.0. The van der Waals surface area contributed by atoms with Crippen LogP contribution in [0.4, 0.5) is 11.4 Å². The van der Waals surface area contributed by atoms with Crippen LogP contribution in [0.2, 0.25) is 0 Å². The molecule has 1 unspecified atom stereocenters. The standard InChI is InChI=1S/C16H18N2O2/c1-11(19)14-7-2-3-8-15(14)18-16(20)10-12-5-4-6-13(17)9-12/h2-9,11,19H,10,17H2,1H3,(H,18,20). The molecular weight excluding hydrogens is 252 g/mol. The molecule has 0 spiro atoms. The second-order valence-electron chi connectivity index (χ2n) is 4.73. The summed E-state index contributed by atoms with van der Waals surface area (Å²) in [5.74, 6) is -0.135. The van der Waals surface area contributed by atoms with Gasteiger partial charge in [-0.1, -0.05) is 30.3 Å². The summed E-state index contributed by atoms with van der Waals surface area (Å²) in [5, 5.41) is 12.5. The first-order valence-electron chi connectivity index (χ1n) is 6.47. The van der Waals surface area contributed by atoms with Gasteiger partial charge in [0.25, 0.3) is 0 Å². The van der Waals surface area contributed by atoms with Crippen LogP contribution in [0.3, 0.4) is 0 Å². The number of nitrogen functional groups attached to an aromatic ring is 1. The number of amides is 1. The number of anilines is 2. The molecule has 1 amide bonds. The number of nitrogens with one attached hydrogen (secondary N) is 1. The Morgan fingerprint density at radius 2 is 2.00 bits per heavy atom. The molecule has 2 rings (SSSR count). The minimum absolute atomic E-state index is 0.135. The van der Waals surface area contributed by atoms with E-state index < -0.39 is 6.10 Å². The molecule has 0 bridgehead atoms. The zero-order valence-electron chi connectivity index (χ0n) is 11.3. The van der Waals surface area contributed by atoms with Gasteiger partial charge < -0.3 is 16.2 Å². The molecule has 20 heavy (non-hydrogen) atoms. The van der Waals surface area contributed by atoms with Crippen molar-refractivity contribution in [3.63, 3.8) is 0 Å². The molecule has 1 atom stereocenters. The number of para-hydroxylation sites is 1. The number of carbonyl (C=O) groups is 1. The third-order valence-corrected chi connectivity index (χ3v) is 3.00. The zero-order chi connectivity index (χ0) is 14.5. The van der Waals surface area contributed by atoms with Gasteiger partial charge in [0.05, 0.1) is 12.5 Å². The molecule has 0 aliphatic rings. The van der Waals surface area contributed by atoms with E-state index in [1.54, 1.807) is 31.2 Å². The number of hydrogen-bond acceptors (Lipinski definition) is 3. The maximum Gasteiger partial charge on any atom is 0.228 e. The van der Waals surface area contributed by atoms with Crippen LogP contribution in [-0.2, 0) is 11.2 Å². The van der Waals surface area contributed by atoms with Gasteiger partial charge in [-0.05, 0) is 30.7 Å². The van der Waals surface area contributed by atoms with E-state index in [1.807, 2.05) is 24.3 Å². The zero-order valence-corrected chi connectivity index (χ0v) is 11.3. The van der Waals surface area contributed by atoms with Gasteiger partial charge in [0.2, 0.25) is 5.91 Å². The van der Waals surface area contributed by atoms with Crippen molar-refractivity contribution in [1.82, 2.24) is 0 Å². The van der Waals surface area contributed by atoms with E-state index >= 15 is 0 Å². The van der Waals surface area contributed by atoms with Crippen LogP contribution in [-0.4, -0.2) is 11.0 Å². The van der Waals surface area contributed by atoms with E-state index in [0.29, 0.717) is 16.9 Å². The average molecular weight is 270 g/mol. The normalized spacial score (nSPS) is 11.9. The first kappa shape index (κ1) is 14.1. The second kappa shape index (κ2) is 6.21. The van der Waals surface area contributed by atoms with E-state index in [-0.39, 0.29) is 12.3 Å². The van der Waals surface area contributed by atoms with Crippen molar-refractivity contribution >= 4 is 17.3 Å². The smallest absolute Gasteiger partial charge is 0.228 e. The summed E-state index contributed by atoms with van der Waals surface area (Å²) < 4.78 is 0. The van der Waals surface area contributed by atoms with Crippen molar-refractivity contribution in [2.45, 2.75) is 19.4 Å². The van der Waals surface area contributed by atoms with Gasteiger partial charge in [-0.3, -0.25) is 4.79 Å². The molecule has 0 saturated heterocycles. The summed E-state index contributed by atoms with van der Waals surface area (Å²) in [6, 6.07) is 14.5. The molecule has 0 saturated carbocycles. The SMILES string of the molecule is CC(O)c1ccccc1NC(=O)Cc1cccc(N)c1. The molecule has 4 N–H and O–H groups in total. The average Bonchev–Trinajstić information content (AvgIpc) is 2.38. The number of nitrogens with two attached hydrogens (primary N) is 1. The van der Waals surface area contributed by atoms with E-state index in [4.69, 9.17) is 5.73 Å². The van der Waals surface area contributed by atoms with Crippen LogP contribution in [0, 0.1) is 0 Å². The monoisotopic (exact) mass is 270 g/mol. The lowest BCUT2D eigenvalue weighted by Crippen LogP contribution is -2.16. The number of aliphatic hydroxyl groups is 1. The highest BCUT2D eigenvalue weighted by atomic mass is 16.3. The van der Waals surface area contributed by atoms with E-state index in [9.17, 15) is 9.90 Å². The molecule has 4 heteroatoms. The summed E-state index contributed by atoms with van der Waals surface area (Å²) in [7, 11) is 0. The largest absolute Gasteiger partial charge is 0.399 e. The molecule has 4 nitrogen and oxygen atoms in total. The van der Waals surface area contributed by atoms with E-state index in [1.165, 1.54) is 0 Å². The Morgan fingerprint density at radius 1 is 1.25 bits per heavy atom. The molecule has 0 radical (unpaired) electrons. The van der Waals surface area contributed by atoms with Crippen LogP contribution in [0.15, 0.2) is 48.5 Å². The Kier molecular flexibility index (Phi) is 4.38. The third kappa shape index (κ3) is 3.59. The van der Waals surface area contributed by atoms with Gasteiger partial charge in [0.15, 0.2) is 0 Å². The number of aliphatic hydroxyl groups excluding tert-OH is 1. The summed E-state index contributed by atoms with van der Waals surface area (Å²) in [5.41, 5.74) is 8.52. The molecular formula is C16H18N2O2. The van der Waals surface area contributed by atoms with Crippen LogP contribution >= 0.6 is 0 Å². The lowest BCUT2D eigenvalue weighted by molar-refractivity contribution is -0.115. The minimum atomic E-state index is -0.626. The highest BCUT2D eigenvalue weighted by Gasteiger charge is 2.10. The van der Waals surface area contributed by atoms with Gasteiger partial charge in [-0.2, -0.15) is 0 Å². The fourth-order valence-electron chi connectivity index (χ4n) is 2.06. The van der Waals surface area contributed by atoms with Crippen LogP contribution in [0.1, 0.15) is 24.2 Å². The molecule has 2 aromatic rings. The number of hydrogen-bond donors (Lipinski definition) is 3. The van der Waals surface area contributed by atoms with Crippen molar-refractivity contribution in [3.05, 3.63) is 59.7 Å². The number of rotatable bonds is 4. The van der Waals surface area contributed by atoms with Crippen molar-refractivity contribution in [2.24, 2.45) is 0 Å². The Morgan fingerprint density at radius 3 is 2.70 bits per heavy atom. The minimum Gasteiger partial charge on any atom is -0.399 e. The molecule has 0 aromatic heterocycles. The molecule has 0 aliphatic carbocycles. The molecule has 0 aliphatic heterocycles. The molecule has 0 fully saturated rings. The quantitative estimate of drug-likeness (QED) is 0.747. The predicted molar refractivity (Wildman–Crippen MR) is 80.3 cm³/mol. The van der Waals surface area contributed by atoms with Gasteiger partial charge in [0, 0.05) is 16.9 Å². The van der Waals surface area contributed by atoms with E-state index in [2.05, 4.69) is 5.32 Å². The Hall–Kier alpha value is -2.33. The number of carbonyl (C=O) groups excluding carboxylic acids is 1. The van der Waals surface area contributed by atoms with Gasteiger partial charge in [-0.15, -0.1) is 0 Å². The van der Waals surface area contributed by atoms with Crippen LogP contribution < -0.4 is 11.1 Å². The molecule has 0 heterocycles. The predicted octanol–water partition coefficient (Wildman–Crippen LogP) is 2.50. The molecule has 2 aromatic carbocycles. The first-order chi connectivity index (χ1) is 9.56. The fourth-order valence-corrected chi connectivity index (χ4v) is 2.06. The lowest BCUT2D eigenvalue weighted by Gasteiger charge is -2.13. The van der Waals surface area contributed by atoms with Crippen LogP contribution in [0.25, 0.3) is 0 Å². The summed E-state index contributed by atoms with van der Waals surface area (Å²) in [6.45, 7) is 1.67. The second-order valence-corrected chi connectivity index (χ2v) is 4.73. The number of benzene rings is 2. The van der Waals surface area contributed by atoms with Crippen molar-refractivity contribution in [2.75, 3.05) is 11.1 Å². The first-order valence-corrected chi connectivity index (χ1v) is 6.47. The third-order valence-electron chi connectivity index (χ3n) is 3.00. The fraction of sp³-hybridized carbons (Fsp3) is 0.188. The summed E-state index contributed by atoms with van der Waals surface area (Å²) in [4.78, 5) is 12.0. The summed E-state index contributed by atoms with van der Waals surface area (Å²) >= 11 is 0. The summed E-state index contributed by atoms with van der Waals surface area (Å²) in [6.07, 6.45) is -0.377.